The number of methoxy groups -OCH3 is 1. The number of hydrogen-bond donors (Lipinski definition) is 1. The van der Waals surface area contributed by atoms with E-state index in [1.165, 1.54) is 13.2 Å². The van der Waals surface area contributed by atoms with Gasteiger partial charge in [-0.1, -0.05) is 18.2 Å². The van der Waals surface area contributed by atoms with Gasteiger partial charge in [0.1, 0.15) is 5.57 Å². The number of amides is 4. The van der Waals surface area contributed by atoms with Gasteiger partial charge in [-0.15, -0.1) is 0 Å². The minimum Gasteiger partial charge on any atom is -0.493 e. The lowest BCUT2D eigenvalue weighted by Gasteiger charge is -2.27. The minimum atomic E-state index is -0.769. The molecule has 0 atom stereocenters. The standard InChI is InChI=1S/C23H24N2O5/c1-13(2)30-19-9-8-16(12-20(19)29-5)11-17-21(26)24-23(28)25(22(17)27)18-10-14(3)6-7-15(18)4/h6-13H,1-5H3,(H,24,26,28)/b17-11+. The van der Waals surface area contributed by atoms with Crippen molar-refractivity contribution in [3.8, 4) is 11.5 Å². The molecule has 1 fully saturated rings. The van der Waals surface area contributed by atoms with Crippen molar-refractivity contribution in [2.75, 3.05) is 12.0 Å². The summed E-state index contributed by atoms with van der Waals surface area (Å²) < 4.78 is 11.1. The molecule has 0 bridgehead atoms. The molecule has 0 aliphatic carbocycles. The molecule has 1 N–H and O–H groups in total. The van der Waals surface area contributed by atoms with Crippen LogP contribution in [0.5, 0.6) is 11.5 Å². The van der Waals surface area contributed by atoms with Gasteiger partial charge in [0, 0.05) is 0 Å². The van der Waals surface area contributed by atoms with E-state index in [0.29, 0.717) is 22.7 Å². The van der Waals surface area contributed by atoms with Crippen molar-refractivity contribution in [3.05, 3.63) is 58.7 Å². The van der Waals surface area contributed by atoms with Crippen molar-refractivity contribution in [1.29, 1.82) is 0 Å². The summed E-state index contributed by atoms with van der Waals surface area (Å²) in [6.07, 6.45) is 1.40. The second-order valence-corrected chi connectivity index (χ2v) is 7.32. The summed E-state index contributed by atoms with van der Waals surface area (Å²) in [6, 6.07) is 9.78. The number of nitrogens with zero attached hydrogens (tertiary/aromatic N) is 1. The van der Waals surface area contributed by atoms with Crippen molar-refractivity contribution in [2.24, 2.45) is 0 Å². The summed E-state index contributed by atoms with van der Waals surface area (Å²) >= 11 is 0. The topological polar surface area (TPSA) is 84.9 Å². The van der Waals surface area contributed by atoms with Crippen molar-refractivity contribution < 1.29 is 23.9 Å². The van der Waals surface area contributed by atoms with Gasteiger partial charge in [0.05, 0.1) is 18.9 Å². The molecule has 1 aliphatic heterocycles. The van der Waals surface area contributed by atoms with Crippen LogP contribution >= 0.6 is 0 Å². The lowest BCUT2D eigenvalue weighted by atomic mass is 10.0. The average molecular weight is 408 g/mol. The predicted octanol–water partition coefficient (Wildman–Crippen LogP) is 3.77. The quantitative estimate of drug-likeness (QED) is 0.601. The van der Waals surface area contributed by atoms with E-state index in [1.807, 2.05) is 32.9 Å². The van der Waals surface area contributed by atoms with E-state index in [1.54, 1.807) is 31.2 Å². The second-order valence-electron chi connectivity index (χ2n) is 7.32. The van der Waals surface area contributed by atoms with Crippen molar-refractivity contribution in [3.63, 3.8) is 0 Å². The number of nitrogens with one attached hydrogen (secondary N) is 1. The minimum absolute atomic E-state index is 0.0362. The van der Waals surface area contributed by atoms with Crippen LogP contribution in [0.1, 0.15) is 30.5 Å². The van der Waals surface area contributed by atoms with Gasteiger partial charge < -0.3 is 9.47 Å². The fourth-order valence-electron chi connectivity index (χ4n) is 3.13. The Balaban J connectivity index is 2.01. The molecule has 0 radical (unpaired) electrons. The fourth-order valence-corrected chi connectivity index (χ4v) is 3.13. The number of carbonyl (C=O) groups is 3. The number of anilines is 1. The van der Waals surface area contributed by atoms with Crippen LogP contribution in [-0.4, -0.2) is 31.1 Å². The van der Waals surface area contributed by atoms with E-state index < -0.39 is 17.8 Å². The molecule has 0 aromatic heterocycles. The van der Waals surface area contributed by atoms with Gasteiger partial charge in [-0.05, 0) is 68.7 Å². The normalized spacial score (nSPS) is 15.6. The zero-order valence-corrected chi connectivity index (χ0v) is 17.6. The maximum absolute atomic E-state index is 13.1. The molecular weight excluding hydrogens is 384 g/mol. The first kappa shape index (κ1) is 21.1. The SMILES string of the molecule is COc1cc(/C=C2\C(=O)NC(=O)N(c3cc(C)ccc3C)C2=O)ccc1OC(C)C. The number of hydrogen-bond acceptors (Lipinski definition) is 5. The number of imide groups is 2. The smallest absolute Gasteiger partial charge is 0.335 e. The summed E-state index contributed by atoms with van der Waals surface area (Å²) in [4.78, 5) is 38.9. The third-order valence-corrected chi connectivity index (χ3v) is 4.57. The zero-order valence-electron chi connectivity index (χ0n) is 17.6. The first-order valence-corrected chi connectivity index (χ1v) is 9.54. The lowest BCUT2D eigenvalue weighted by Crippen LogP contribution is -2.54. The third-order valence-electron chi connectivity index (χ3n) is 4.57. The molecule has 0 unspecified atom stereocenters. The summed E-state index contributed by atoms with van der Waals surface area (Å²) in [5.41, 5.74) is 2.50. The van der Waals surface area contributed by atoms with E-state index in [-0.39, 0.29) is 11.7 Å². The van der Waals surface area contributed by atoms with E-state index >= 15 is 0 Å². The van der Waals surface area contributed by atoms with Gasteiger partial charge in [-0.25, -0.2) is 9.69 Å². The highest BCUT2D eigenvalue weighted by Gasteiger charge is 2.37. The summed E-state index contributed by atoms with van der Waals surface area (Å²) in [7, 11) is 1.51. The van der Waals surface area contributed by atoms with Crippen molar-refractivity contribution in [2.45, 2.75) is 33.8 Å². The Morgan fingerprint density at radius 3 is 2.40 bits per heavy atom. The van der Waals surface area contributed by atoms with Gasteiger partial charge in [0.25, 0.3) is 11.8 Å². The number of barbiturate groups is 1. The second kappa shape index (κ2) is 8.41. The van der Waals surface area contributed by atoms with Gasteiger partial charge in [-0.3, -0.25) is 14.9 Å². The Morgan fingerprint density at radius 1 is 1.00 bits per heavy atom. The largest absolute Gasteiger partial charge is 0.493 e. The zero-order chi connectivity index (χ0) is 22.0. The summed E-state index contributed by atoms with van der Waals surface area (Å²) in [5, 5.41) is 2.24. The Kier molecular flexibility index (Phi) is 5.91. The Labute approximate surface area is 175 Å². The molecule has 2 aromatic carbocycles. The van der Waals surface area contributed by atoms with Crippen molar-refractivity contribution >= 4 is 29.6 Å². The van der Waals surface area contributed by atoms with E-state index in [0.717, 1.165) is 16.0 Å². The molecule has 1 heterocycles. The third kappa shape index (κ3) is 4.20. The molecule has 4 amide bonds. The van der Waals surface area contributed by atoms with E-state index in [4.69, 9.17) is 9.47 Å². The molecule has 2 aromatic rings. The highest BCUT2D eigenvalue weighted by atomic mass is 16.5. The molecular formula is C23H24N2O5. The lowest BCUT2D eigenvalue weighted by molar-refractivity contribution is -0.122. The fraction of sp³-hybridized carbons (Fsp3) is 0.261. The van der Waals surface area contributed by atoms with E-state index in [9.17, 15) is 14.4 Å². The molecule has 156 valence electrons. The van der Waals surface area contributed by atoms with Crippen LogP contribution in [0.3, 0.4) is 0 Å². The predicted molar refractivity (Wildman–Crippen MR) is 114 cm³/mol. The summed E-state index contributed by atoms with van der Waals surface area (Å²) in [6.45, 7) is 7.47. The first-order chi connectivity index (χ1) is 14.2. The summed E-state index contributed by atoms with van der Waals surface area (Å²) in [5.74, 6) is -0.391. The Bertz CT molecular complexity index is 1060. The van der Waals surface area contributed by atoms with Crippen LogP contribution in [-0.2, 0) is 9.59 Å². The Morgan fingerprint density at radius 2 is 1.73 bits per heavy atom. The van der Waals surface area contributed by atoms with Gasteiger partial charge in [-0.2, -0.15) is 0 Å². The van der Waals surface area contributed by atoms with Crippen LogP contribution in [0.25, 0.3) is 6.08 Å². The van der Waals surface area contributed by atoms with Gasteiger partial charge >= 0.3 is 6.03 Å². The number of aryl methyl sites for hydroxylation is 2. The molecule has 30 heavy (non-hydrogen) atoms. The molecule has 7 heteroatoms. The number of urea groups is 1. The highest BCUT2D eigenvalue weighted by molar-refractivity contribution is 6.39. The maximum atomic E-state index is 13.1. The molecule has 1 aliphatic rings. The van der Waals surface area contributed by atoms with Crippen molar-refractivity contribution in [1.82, 2.24) is 5.32 Å². The Hall–Kier alpha value is -3.61. The number of carbonyl (C=O) groups excluding carboxylic acids is 3. The molecule has 3 rings (SSSR count). The number of benzene rings is 2. The van der Waals surface area contributed by atoms with Crippen LogP contribution in [0.4, 0.5) is 10.5 Å². The van der Waals surface area contributed by atoms with Crippen LogP contribution < -0.4 is 19.7 Å². The molecule has 0 saturated carbocycles. The first-order valence-electron chi connectivity index (χ1n) is 9.54. The highest BCUT2D eigenvalue weighted by Crippen LogP contribution is 2.31. The molecule has 0 spiro atoms. The maximum Gasteiger partial charge on any atom is 0.335 e. The number of ether oxygens (including phenoxy) is 2. The molecule has 7 nitrogen and oxygen atoms in total. The number of rotatable bonds is 5. The van der Waals surface area contributed by atoms with Gasteiger partial charge in [0.15, 0.2) is 11.5 Å². The van der Waals surface area contributed by atoms with Gasteiger partial charge in [0.2, 0.25) is 0 Å². The molecule has 1 saturated heterocycles. The monoisotopic (exact) mass is 408 g/mol. The van der Waals surface area contributed by atoms with Crippen LogP contribution in [0.2, 0.25) is 0 Å². The van der Waals surface area contributed by atoms with Crippen LogP contribution in [0.15, 0.2) is 42.0 Å². The van der Waals surface area contributed by atoms with E-state index in [2.05, 4.69) is 5.32 Å². The average Bonchev–Trinajstić information content (AvgIpc) is 2.68. The van der Waals surface area contributed by atoms with Crippen LogP contribution in [0, 0.1) is 13.8 Å².